The molecule has 0 spiro atoms. The minimum atomic E-state index is -3.77. The van der Waals surface area contributed by atoms with Crippen molar-refractivity contribution in [3.63, 3.8) is 0 Å². The third-order valence-electron chi connectivity index (χ3n) is 6.51. The number of amidine groups is 1. The second-order valence-electron chi connectivity index (χ2n) is 11.2. The molecule has 0 aromatic heterocycles. The lowest BCUT2D eigenvalue weighted by atomic mass is 10.0. The van der Waals surface area contributed by atoms with E-state index in [1.54, 1.807) is 94.6 Å². The van der Waals surface area contributed by atoms with Gasteiger partial charge in [0, 0.05) is 34.5 Å². The van der Waals surface area contributed by atoms with E-state index in [-0.39, 0.29) is 16.6 Å². The van der Waals surface area contributed by atoms with E-state index < -0.39 is 21.6 Å². The monoisotopic (exact) mass is 599 g/mol. The van der Waals surface area contributed by atoms with Crippen molar-refractivity contribution in [3.8, 4) is 16.9 Å². The fourth-order valence-electron chi connectivity index (χ4n) is 4.54. The first-order valence-electron chi connectivity index (χ1n) is 13.7. The average Bonchev–Trinajstić information content (AvgIpc) is 2.96. The summed E-state index contributed by atoms with van der Waals surface area (Å²) in [4.78, 5) is 13.8. The largest absolute Gasteiger partial charge is 0.497 e. The number of carbonyl (C=O) groups is 1. The Morgan fingerprint density at radius 1 is 0.907 bits per heavy atom. The number of amides is 1. The van der Waals surface area contributed by atoms with Crippen LogP contribution < -0.4 is 25.8 Å². The van der Waals surface area contributed by atoms with E-state index in [1.165, 1.54) is 0 Å². The number of rotatable bonds is 11. The number of hydrogen-bond donors (Lipinski definition) is 5. The molecule has 6 N–H and O–H groups in total. The molecule has 4 rings (SSSR count). The molecule has 0 radical (unpaired) electrons. The molecule has 0 aliphatic rings. The third-order valence-corrected chi connectivity index (χ3v) is 8.33. The maximum Gasteiger partial charge on any atom is 0.247 e. The number of nitrogens with two attached hydrogens (primary N) is 1. The second-order valence-corrected chi connectivity index (χ2v) is 12.8. The van der Waals surface area contributed by atoms with E-state index in [9.17, 15) is 13.2 Å². The minimum absolute atomic E-state index is 0.0662. The SMILES string of the molecule is COc1ccc(CC(Nc2cccc(C(=N)N)c2)C(=O)Nc2ccc(-c3ccccc3S(=O)(=O)NC(C)(C)C)cc2)cc1. The molecule has 0 saturated carbocycles. The first kappa shape index (κ1) is 31.3. The van der Waals surface area contributed by atoms with Crippen LogP contribution in [-0.2, 0) is 21.2 Å². The number of ether oxygens (including phenoxy) is 1. The van der Waals surface area contributed by atoms with Gasteiger partial charge in [-0.15, -0.1) is 0 Å². The fraction of sp³-hybridized carbons (Fsp3) is 0.212. The summed E-state index contributed by atoms with van der Waals surface area (Å²) in [5.41, 5.74) is 8.96. The Morgan fingerprint density at radius 2 is 1.58 bits per heavy atom. The predicted molar refractivity (Wildman–Crippen MR) is 172 cm³/mol. The molecule has 9 nitrogen and oxygen atoms in total. The highest BCUT2D eigenvalue weighted by Crippen LogP contribution is 2.29. The van der Waals surface area contributed by atoms with Crippen LogP contribution in [-0.4, -0.2) is 38.9 Å². The van der Waals surface area contributed by atoms with Crippen molar-refractivity contribution in [1.82, 2.24) is 4.72 Å². The maximum atomic E-state index is 13.6. The van der Waals surface area contributed by atoms with Gasteiger partial charge in [0.1, 0.15) is 17.6 Å². The molecular weight excluding hydrogens is 562 g/mol. The summed E-state index contributed by atoms with van der Waals surface area (Å²) in [6.07, 6.45) is 0.379. The number of nitrogen functional groups attached to an aromatic ring is 1. The summed E-state index contributed by atoms with van der Waals surface area (Å²) in [6.45, 7) is 5.38. The summed E-state index contributed by atoms with van der Waals surface area (Å²) >= 11 is 0. The molecule has 1 amide bonds. The molecule has 0 bridgehead atoms. The van der Waals surface area contributed by atoms with Crippen LogP contribution in [0, 0.1) is 5.41 Å². The summed E-state index contributed by atoms with van der Waals surface area (Å²) in [6, 6.07) is 27.7. The summed E-state index contributed by atoms with van der Waals surface area (Å²) in [5, 5.41) is 14.0. The first-order chi connectivity index (χ1) is 20.3. The van der Waals surface area contributed by atoms with Crippen molar-refractivity contribution in [3.05, 3.63) is 108 Å². The lowest BCUT2D eigenvalue weighted by Crippen LogP contribution is -2.40. The van der Waals surface area contributed by atoms with Crippen molar-refractivity contribution in [1.29, 1.82) is 5.41 Å². The molecule has 1 atom stereocenters. The van der Waals surface area contributed by atoms with E-state index >= 15 is 0 Å². The Kier molecular flexibility index (Phi) is 9.53. The average molecular weight is 600 g/mol. The molecule has 0 saturated heterocycles. The van der Waals surface area contributed by atoms with Gasteiger partial charge in [-0.1, -0.05) is 54.6 Å². The summed E-state index contributed by atoms with van der Waals surface area (Å²) in [7, 11) is -2.17. The molecule has 4 aromatic rings. The Hall–Kier alpha value is -4.67. The molecule has 10 heteroatoms. The van der Waals surface area contributed by atoms with Crippen molar-refractivity contribution in [2.75, 3.05) is 17.7 Å². The van der Waals surface area contributed by atoms with Gasteiger partial charge in [-0.2, -0.15) is 0 Å². The standard InChI is InChI=1S/C33H37N5O4S/c1-33(2,3)38-43(40,41)30-11-6-5-10-28(30)23-14-16-25(17-15-23)37-32(39)29(20-22-12-18-27(42-4)19-13-22)36-26-9-7-8-24(21-26)31(34)35/h5-19,21,29,36,38H,20H2,1-4H3,(H3,34,35)(H,37,39). The lowest BCUT2D eigenvalue weighted by Gasteiger charge is -2.22. The van der Waals surface area contributed by atoms with Gasteiger partial charge in [0.25, 0.3) is 0 Å². The van der Waals surface area contributed by atoms with Crippen LogP contribution in [0.5, 0.6) is 5.75 Å². The zero-order chi connectivity index (χ0) is 31.2. The van der Waals surface area contributed by atoms with Crippen molar-refractivity contribution < 1.29 is 17.9 Å². The minimum Gasteiger partial charge on any atom is -0.497 e. The van der Waals surface area contributed by atoms with Gasteiger partial charge in [-0.25, -0.2) is 13.1 Å². The molecular formula is C33H37N5O4S. The number of benzene rings is 4. The van der Waals surface area contributed by atoms with Gasteiger partial charge in [0.15, 0.2) is 0 Å². The number of anilines is 2. The Bertz CT molecular complexity index is 1700. The van der Waals surface area contributed by atoms with Crippen LogP contribution in [0.3, 0.4) is 0 Å². The van der Waals surface area contributed by atoms with Crippen molar-refractivity contribution in [2.24, 2.45) is 5.73 Å². The molecule has 0 heterocycles. The summed E-state index contributed by atoms with van der Waals surface area (Å²) in [5.74, 6) is 0.383. The number of carbonyl (C=O) groups excluding carboxylic acids is 1. The Morgan fingerprint density at radius 3 is 2.21 bits per heavy atom. The number of nitrogens with one attached hydrogen (secondary N) is 4. The van der Waals surface area contributed by atoms with Gasteiger partial charge >= 0.3 is 0 Å². The van der Waals surface area contributed by atoms with Crippen LogP contribution in [0.4, 0.5) is 11.4 Å². The highest BCUT2D eigenvalue weighted by Gasteiger charge is 2.25. The van der Waals surface area contributed by atoms with Crippen LogP contribution in [0.25, 0.3) is 11.1 Å². The van der Waals surface area contributed by atoms with Gasteiger partial charge in [-0.3, -0.25) is 10.2 Å². The fourth-order valence-corrected chi connectivity index (χ4v) is 6.19. The Balaban J connectivity index is 1.57. The molecule has 0 aliphatic carbocycles. The predicted octanol–water partition coefficient (Wildman–Crippen LogP) is 5.38. The maximum absolute atomic E-state index is 13.6. The zero-order valence-corrected chi connectivity index (χ0v) is 25.5. The van der Waals surface area contributed by atoms with E-state index in [2.05, 4.69) is 15.4 Å². The topological polar surface area (TPSA) is 146 Å². The smallest absolute Gasteiger partial charge is 0.247 e. The van der Waals surface area contributed by atoms with Gasteiger partial charge < -0.3 is 21.1 Å². The highest BCUT2D eigenvalue weighted by atomic mass is 32.2. The van der Waals surface area contributed by atoms with Crippen LogP contribution in [0.2, 0.25) is 0 Å². The quantitative estimate of drug-likeness (QED) is 0.115. The third kappa shape index (κ3) is 8.43. The van der Waals surface area contributed by atoms with Crippen molar-refractivity contribution >= 4 is 33.1 Å². The molecule has 224 valence electrons. The summed E-state index contributed by atoms with van der Waals surface area (Å²) < 4.78 is 34.2. The second kappa shape index (κ2) is 13.1. The van der Waals surface area contributed by atoms with Gasteiger partial charge in [0.05, 0.1) is 12.0 Å². The first-order valence-corrected chi connectivity index (χ1v) is 15.2. The van der Waals surface area contributed by atoms with Crippen molar-refractivity contribution in [2.45, 2.75) is 43.7 Å². The van der Waals surface area contributed by atoms with Crippen LogP contribution in [0.15, 0.2) is 102 Å². The van der Waals surface area contributed by atoms with E-state index in [0.29, 0.717) is 34.5 Å². The molecule has 1 unspecified atom stereocenters. The molecule has 4 aromatic carbocycles. The highest BCUT2D eigenvalue weighted by molar-refractivity contribution is 7.89. The number of hydrogen-bond acceptors (Lipinski definition) is 6. The Labute approximate surface area is 253 Å². The van der Waals surface area contributed by atoms with Gasteiger partial charge in [0.2, 0.25) is 15.9 Å². The van der Waals surface area contributed by atoms with E-state index in [1.807, 2.05) is 30.3 Å². The van der Waals surface area contributed by atoms with Crippen LogP contribution >= 0.6 is 0 Å². The van der Waals surface area contributed by atoms with Crippen LogP contribution in [0.1, 0.15) is 31.9 Å². The van der Waals surface area contributed by atoms with Gasteiger partial charge in [-0.05, 0) is 74.4 Å². The number of methoxy groups -OCH3 is 1. The normalized spacial score (nSPS) is 12.3. The van der Waals surface area contributed by atoms with E-state index in [0.717, 1.165) is 11.3 Å². The number of sulfonamides is 1. The lowest BCUT2D eigenvalue weighted by molar-refractivity contribution is -0.116. The molecule has 43 heavy (non-hydrogen) atoms. The zero-order valence-electron chi connectivity index (χ0n) is 24.6. The molecule has 0 fully saturated rings. The van der Waals surface area contributed by atoms with E-state index in [4.69, 9.17) is 15.9 Å². The molecule has 0 aliphatic heterocycles.